The molecule has 1 saturated carbocycles. The Bertz CT molecular complexity index is 597. The summed E-state index contributed by atoms with van der Waals surface area (Å²) in [7, 11) is 1.59. The molecule has 1 unspecified atom stereocenters. The van der Waals surface area contributed by atoms with Gasteiger partial charge in [0, 0.05) is 19.2 Å². The van der Waals surface area contributed by atoms with Crippen LogP contribution in [0.2, 0.25) is 0 Å². The summed E-state index contributed by atoms with van der Waals surface area (Å²) in [4.78, 5) is 14.8. The highest BCUT2D eigenvalue weighted by Gasteiger charge is 2.23. The van der Waals surface area contributed by atoms with Crippen LogP contribution in [0.5, 0.6) is 11.5 Å². The molecule has 2 fully saturated rings. The summed E-state index contributed by atoms with van der Waals surface area (Å²) in [6.07, 6.45) is 5.46. The van der Waals surface area contributed by atoms with E-state index in [0.717, 1.165) is 13.1 Å². The number of piperidine rings is 1. The second kappa shape index (κ2) is 9.24. The van der Waals surface area contributed by atoms with E-state index < -0.39 is 6.10 Å². The molecule has 1 aliphatic heterocycles. The van der Waals surface area contributed by atoms with Crippen LogP contribution in [-0.4, -0.2) is 61.9 Å². The molecule has 0 aromatic heterocycles. The zero-order valence-corrected chi connectivity index (χ0v) is 15.6. The molecule has 0 spiro atoms. The fourth-order valence-electron chi connectivity index (χ4n) is 3.24. The Kier molecular flexibility index (Phi) is 6.74. The summed E-state index contributed by atoms with van der Waals surface area (Å²) in [5.41, 5.74) is 0.483. The summed E-state index contributed by atoms with van der Waals surface area (Å²) >= 11 is 0. The van der Waals surface area contributed by atoms with Gasteiger partial charge in [-0.3, -0.25) is 4.79 Å². The van der Waals surface area contributed by atoms with Crippen molar-refractivity contribution in [3.05, 3.63) is 23.8 Å². The molecule has 1 saturated heterocycles. The molecular weight excluding hydrogens is 332 g/mol. The molecule has 6 heteroatoms. The fraction of sp³-hybridized carbons (Fsp3) is 0.650. The Morgan fingerprint density at radius 2 is 2.08 bits per heavy atom. The molecule has 1 aromatic carbocycles. The van der Waals surface area contributed by atoms with Crippen LogP contribution in [0, 0.1) is 5.92 Å². The van der Waals surface area contributed by atoms with Crippen LogP contribution in [0.3, 0.4) is 0 Å². The van der Waals surface area contributed by atoms with Gasteiger partial charge in [-0.2, -0.15) is 0 Å². The van der Waals surface area contributed by atoms with E-state index in [1.54, 1.807) is 25.3 Å². The topological polar surface area (TPSA) is 71.0 Å². The van der Waals surface area contributed by atoms with Crippen LogP contribution in [0.15, 0.2) is 18.2 Å². The lowest BCUT2D eigenvalue weighted by Crippen LogP contribution is -2.42. The number of amides is 1. The molecule has 26 heavy (non-hydrogen) atoms. The monoisotopic (exact) mass is 362 g/mol. The van der Waals surface area contributed by atoms with Gasteiger partial charge in [-0.1, -0.05) is 6.42 Å². The Morgan fingerprint density at radius 1 is 1.31 bits per heavy atom. The standard InChI is InChI=1S/C20H30N2O4/c1-25-17-7-8-18(19(11-17)26-14-15-5-6-15)20(24)21-12-16(23)13-22-9-3-2-4-10-22/h7-8,11,15-16,23H,2-6,9-10,12-14H2,1H3,(H,21,24). The van der Waals surface area contributed by atoms with Crippen LogP contribution < -0.4 is 14.8 Å². The van der Waals surface area contributed by atoms with E-state index in [0.29, 0.717) is 36.1 Å². The van der Waals surface area contributed by atoms with Gasteiger partial charge in [0.1, 0.15) is 11.5 Å². The largest absolute Gasteiger partial charge is 0.497 e. The molecular formula is C20H30N2O4. The SMILES string of the molecule is COc1ccc(C(=O)NCC(O)CN2CCCCC2)c(OCC2CC2)c1. The molecule has 6 nitrogen and oxygen atoms in total. The van der Waals surface area contributed by atoms with Crippen LogP contribution in [0.4, 0.5) is 0 Å². The van der Waals surface area contributed by atoms with Gasteiger partial charge in [0.25, 0.3) is 5.91 Å². The predicted octanol–water partition coefficient (Wildman–Crippen LogP) is 2.06. The molecule has 1 heterocycles. The second-order valence-electron chi connectivity index (χ2n) is 7.34. The van der Waals surface area contributed by atoms with Crippen molar-refractivity contribution in [3.8, 4) is 11.5 Å². The number of hydrogen-bond donors (Lipinski definition) is 2. The molecule has 1 atom stereocenters. The lowest BCUT2D eigenvalue weighted by atomic mass is 10.1. The Hall–Kier alpha value is -1.79. The van der Waals surface area contributed by atoms with Crippen molar-refractivity contribution in [1.29, 1.82) is 0 Å². The van der Waals surface area contributed by atoms with E-state index in [4.69, 9.17) is 9.47 Å². The normalized spacial score (nSPS) is 19.0. The zero-order chi connectivity index (χ0) is 18.4. The Labute approximate surface area is 155 Å². The highest BCUT2D eigenvalue weighted by molar-refractivity contribution is 5.97. The first-order valence-electron chi connectivity index (χ1n) is 9.65. The van der Waals surface area contributed by atoms with Crippen LogP contribution in [0.1, 0.15) is 42.5 Å². The molecule has 2 aliphatic rings. The summed E-state index contributed by atoms with van der Waals surface area (Å²) in [6.45, 7) is 3.54. The summed E-state index contributed by atoms with van der Waals surface area (Å²) in [5, 5.41) is 13.1. The van der Waals surface area contributed by atoms with Gasteiger partial charge in [-0.15, -0.1) is 0 Å². The van der Waals surface area contributed by atoms with E-state index in [1.165, 1.54) is 32.1 Å². The Morgan fingerprint density at radius 3 is 2.77 bits per heavy atom. The van der Waals surface area contributed by atoms with Gasteiger partial charge < -0.3 is 24.8 Å². The number of aliphatic hydroxyl groups excluding tert-OH is 1. The number of carbonyl (C=O) groups excluding carboxylic acids is 1. The van der Waals surface area contributed by atoms with Gasteiger partial charge in [0.2, 0.25) is 0 Å². The first kappa shape index (κ1) is 19.0. The van der Waals surface area contributed by atoms with Crippen molar-refractivity contribution in [3.63, 3.8) is 0 Å². The smallest absolute Gasteiger partial charge is 0.255 e. The van der Waals surface area contributed by atoms with Crippen LogP contribution in [-0.2, 0) is 0 Å². The summed E-state index contributed by atoms with van der Waals surface area (Å²) in [6, 6.07) is 5.22. The van der Waals surface area contributed by atoms with Gasteiger partial charge in [-0.25, -0.2) is 0 Å². The minimum absolute atomic E-state index is 0.226. The van der Waals surface area contributed by atoms with Crippen molar-refractivity contribution >= 4 is 5.91 Å². The number of nitrogens with zero attached hydrogens (tertiary/aromatic N) is 1. The second-order valence-corrected chi connectivity index (χ2v) is 7.34. The highest BCUT2D eigenvalue weighted by Crippen LogP contribution is 2.31. The lowest BCUT2D eigenvalue weighted by molar-refractivity contribution is 0.0827. The number of nitrogens with one attached hydrogen (secondary N) is 1. The number of methoxy groups -OCH3 is 1. The molecule has 1 aromatic rings. The van der Waals surface area contributed by atoms with Gasteiger partial charge in [-0.05, 0) is 56.8 Å². The number of rotatable bonds is 9. The third kappa shape index (κ3) is 5.61. The number of carbonyl (C=O) groups is 1. The van der Waals surface area contributed by atoms with Crippen molar-refractivity contribution in [1.82, 2.24) is 10.2 Å². The number of ether oxygens (including phenoxy) is 2. The number of hydrogen-bond acceptors (Lipinski definition) is 5. The number of likely N-dealkylation sites (tertiary alicyclic amines) is 1. The maximum absolute atomic E-state index is 12.6. The molecule has 2 N–H and O–H groups in total. The molecule has 0 bridgehead atoms. The maximum Gasteiger partial charge on any atom is 0.255 e. The molecule has 0 radical (unpaired) electrons. The highest BCUT2D eigenvalue weighted by atomic mass is 16.5. The van der Waals surface area contributed by atoms with E-state index in [-0.39, 0.29) is 12.5 Å². The average molecular weight is 362 g/mol. The maximum atomic E-state index is 12.6. The zero-order valence-electron chi connectivity index (χ0n) is 15.6. The van der Waals surface area contributed by atoms with Crippen molar-refractivity contribution < 1.29 is 19.4 Å². The molecule has 1 amide bonds. The van der Waals surface area contributed by atoms with E-state index in [9.17, 15) is 9.90 Å². The third-order valence-corrected chi connectivity index (χ3v) is 5.02. The predicted molar refractivity (Wildman–Crippen MR) is 99.8 cm³/mol. The molecule has 3 rings (SSSR count). The third-order valence-electron chi connectivity index (χ3n) is 5.02. The minimum atomic E-state index is -0.564. The quantitative estimate of drug-likeness (QED) is 0.704. The minimum Gasteiger partial charge on any atom is -0.497 e. The van der Waals surface area contributed by atoms with Gasteiger partial charge >= 0.3 is 0 Å². The number of aliphatic hydroxyl groups is 1. The van der Waals surface area contributed by atoms with E-state index in [1.807, 2.05) is 0 Å². The first-order chi connectivity index (χ1) is 12.7. The van der Waals surface area contributed by atoms with Crippen LogP contribution >= 0.6 is 0 Å². The van der Waals surface area contributed by atoms with Crippen molar-refractivity contribution in [2.45, 2.75) is 38.2 Å². The van der Waals surface area contributed by atoms with E-state index >= 15 is 0 Å². The number of β-amino-alcohol motifs (C(OH)–C–C–N with tert-alkyl or cyclic N) is 1. The molecule has 1 aliphatic carbocycles. The Balaban J connectivity index is 1.53. The first-order valence-corrected chi connectivity index (χ1v) is 9.65. The summed E-state index contributed by atoms with van der Waals surface area (Å²) < 4.78 is 11.1. The molecule has 144 valence electrons. The van der Waals surface area contributed by atoms with Gasteiger partial charge in [0.15, 0.2) is 0 Å². The van der Waals surface area contributed by atoms with Crippen molar-refractivity contribution in [2.75, 3.05) is 39.9 Å². The van der Waals surface area contributed by atoms with E-state index in [2.05, 4.69) is 10.2 Å². The fourth-order valence-corrected chi connectivity index (χ4v) is 3.24. The van der Waals surface area contributed by atoms with Crippen LogP contribution in [0.25, 0.3) is 0 Å². The van der Waals surface area contributed by atoms with Gasteiger partial charge in [0.05, 0.1) is 25.4 Å². The summed E-state index contributed by atoms with van der Waals surface area (Å²) in [5.74, 6) is 1.58. The average Bonchev–Trinajstić information content (AvgIpc) is 3.49. The van der Waals surface area contributed by atoms with Crippen molar-refractivity contribution in [2.24, 2.45) is 5.92 Å². The lowest BCUT2D eigenvalue weighted by Gasteiger charge is -2.28. The number of benzene rings is 1.